The molecule has 0 atom stereocenters. The van der Waals surface area contributed by atoms with Crippen molar-refractivity contribution in [2.75, 3.05) is 19.6 Å². The van der Waals surface area contributed by atoms with Gasteiger partial charge in [-0.3, -0.25) is 15.0 Å². The van der Waals surface area contributed by atoms with Crippen molar-refractivity contribution in [3.8, 4) is 0 Å². The molecule has 0 aromatic heterocycles. The molecule has 19 heavy (non-hydrogen) atoms. The van der Waals surface area contributed by atoms with Crippen LogP contribution in [0.4, 0.5) is 4.79 Å². The lowest BCUT2D eigenvalue weighted by atomic mass is 10.1. The van der Waals surface area contributed by atoms with Crippen LogP contribution in [0.25, 0.3) is 0 Å². The summed E-state index contributed by atoms with van der Waals surface area (Å²) >= 11 is 0. The molecule has 0 aromatic rings. The lowest BCUT2D eigenvalue weighted by Gasteiger charge is -2.22. The summed E-state index contributed by atoms with van der Waals surface area (Å²) in [6, 6.07) is 0.162. The summed E-state index contributed by atoms with van der Waals surface area (Å²) in [6.07, 6.45) is 4.30. The first-order valence-electron chi connectivity index (χ1n) is 7.34. The molecule has 5 heteroatoms. The highest BCUT2D eigenvalue weighted by atomic mass is 16.2. The second-order valence-corrected chi connectivity index (χ2v) is 5.69. The molecule has 0 saturated heterocycles. The van der Waals surface area contributed by atoms with E-state index >= 15 is 0 Å². The first-order chi connectivity index (χ1) is 9.02. The maximum atomic E-state index is 11.8. The molecule has 2 N–H and O–H groups in total. The van der Waals surface area contributed by atoms with Gasteiger partial charge in [-0.05, 0) is 38.1 Å². The minimum Gasteiger partial charge on any atom is -0.338 e. The van der Waals surface area contributed by atoms with Crippen LogP contribution in [0.2, 0.25) is 0 Å². The molecule has 0 aromatic carbocycles. The van der Waals surface area contributed by atoms with Gasteiger partial charge in [-0.15, -0.1) is 0 Å². The normalized spacial score (nSPS) is 14.8. The molecule has 0 radical (unpaired) electrons. The SMILES string of the molecule is CCCNC(=O)NC(=O)CN(CCC(C)C)C1CC1. The fraction of sp³-hybridized carbons (Fsp3) is 0.857. The Balaban J connectivity index is 2.28. The molecule has 0 unspecified atom stereocenters. The Morgan fingerprint density at radius 2 is 2.00 bits per heavy atom. The van der Waals surface area contributed by atoms with Crippen LogP contribution in [0.1, 0.15) is 46.5 Å². The van der Waals surface area contributed by atoms with Crippen molar-refractivity contribution in [2.24, 2.45) is 5.92 Å². The number of hydrogen-bond acceptors (Lipinski definition) is 3. The number of rotatable bonds is 8. The van der Waals surface area contributed by atoms with Gasteiger partial charge in [0.05, 0.1) is 6.54 Å². The van der Waals surface area contributed by atoms with Gasteiger partial charge >= 0.3 is 6.03 Å². The Bertz CT molecular complexity index is 301. The van der Waals surface area contributed by atoms with E-state index in [2.05, 4.69) is 29.4 Å². The van der Waals surface area contributed by atoms with Crippen molar-refractivity contribution in [3.05, 3.63) is 0 Å². The molecular formula is C14H27N3O2. The number of carbonyl (C=O) groups is 2. The number of urea groups is 1. The standard InChI is InChI=1S/C14H27N3O2/c1-4-8-15-14(19)16-13(18)10-17(12-5-6-12)9-7-11(2)3/h11-12H,4-10H2,1-3H3,(H2,15,16,18,19). The number of nitrogens with zero attached hydrogens (tertiary/aromatic N) is 1. The number of nitrogens with one attached hydrogen (secondary N) is 2. The summed E-state index contributed by atoms with van der Waals surface area (Å²) in [5.41, 5.74) is 0. The van der Waals surface area contributed by atoms with E-state index in [0.29, 0.717) is 25.0 Å². The first kappa shape index (κ1) is 16.0. The van der Waals surface area contributed by atoms with Crippen LogP contribution in [0.3, 0.4) is 0 Å². The van der Waals surface area contributed by atoms with Gasteiger partial charge in [0.2, 0.25) is 5.91 Å². The number of imide groups is 1. The van der Waals surface area contributed by atoms with E-state index in [-0.39, 0.29) is 11.9 Å². The Hall–Kier alpha value is -1.10. The zero-order valence-electron chi connectivity index (χ0n) is 12.4. The quantitative estimate of drug-likeness (QED) is 0.705. The monoisotopic (exact) mass is 269 g/mol. The average Bonchev–Trinajstić information content (AvgIpc) is 3.15. The number of amides is 3. The van der Waals surface area contributed by atoms with E-state index in [9.17, 15) is 9.59 Å². The molecule has 5 nitrogen and oxygen atoms in total. The van der Waals surface area contributed by atoms with Gasteiger partial charge in [0.15, 0.2) is 0 Å². The highest BCUT2D eigenvalue weighted by Gasteiger charge is 2.30. The van der Waals surface area contributed by atoms with Crippen molar-refractivity contribution in [1.82, 2.24) is 15.5 Å². The molecule has 0 bridgehead atoms. The van der Waals surface area contributed by atoms with Crippen molar-refractivity contribution in [3.63, 3.8) is 0 Å². The third-order valence-corrected chi connectivity index (χ3v) is 3.19. The van der Waals surface area contributed by atoms with Gasteiger partial charge in [-0.25, -0.2) is 4.79 Å². The Labute approximate surface area is 116 Å². The Kier molecular flexibility index (Phi) is 6.84. The summed E-state index contributed by atoms with van der Waals surface area (Å²) in [5, 5.41) is 5.03. The van der Waals surface area contributed by atoms with Crippen LogP contribution < -0.4 is 10.6 Å². The van der Waals surface area contributed by atoms with Crippen LogP contribution in [-0.4, -0.2) is 42.5 Å². The van der Waals surface area contributed by atoms with E-state index in [0.717, 1.165) is 19.4 Å². The number of carbonyl (C=O) groups excluding carboxylic acids is 2. The Morgan fingerprint density at radius 3 is 2.53 bits per heavy atom. The minimum absolute atomic E-state index is 0.204. The second kappa shape index (κ2) is 8.15. The molecule has 0 aliphatic heterocycles. The molecule has 0 spiro atoms. The van der Waals surface area contributed by atoms with E-state index in [1.807, 2.05) is 6.92 Å². The minimum atomic E-state index is -0.383. The van der Waals surface area contributed by atoms with E-state index in [1.165, 1.54) is 12.8 Å². The molecule has 1 saturated carbocycles. The summed E-state index contributed by atoms with van der Waals surface area (Å²) in [6.45, 7) is 8.21. The maximum absolute atomic E-state index is 11.8. The van der Waals surface area contributed by atoms with Crippen LogP contribution in [-0.2, 0) is 4.79 Å². The lowest BCUT2D eigenvalue weighted by molar-refractivity contribution is -0.121. The van der Waals surface area contributed by atoms with Crippen LogP contribution in [0.15, 0.2) is 0 Å². The highest BCUT2D eigenvalue weighted by molar-refractivity contribution is 5.95. The van der Waals surface area contributed by atoms with Crippen molar-refractivity contribution < 1.29 is 9.59 Å². The van der Waals surface area contributed by atoms with Crippen molar-refractivity contribution in [1.29, 1.82) is 0 Å². The lowest BCUT2D eigenvalue weighted by Crippen LogP contribution is -2.45. The molecule has 1 fully saturated rings. The smallest absolute Gasteiger partial charge is 0.321 e. The largest absolute Gasteiger partial charge is 0.338 e. The van der Waals surface area contributed by atoms with E-state index in [1.54, 1.807) is 0 Å². The van der Waals surface area contributed by atoms with Gasteiger partial charge in [-0.1, -0.05) is 20.8 Å². The average molecular weight is 269 g/mol. The summed E-state index contributed by atoms with van der Waals surface area (Å²) in [4.78, 5) is 25.4. The number of hydrogen-bond donors (Lipinski definition) is 2. The predicted octanol–water partition coefficient (Wildman–Crippen LogP) is 1.73. The van der Waals surface area contributed by atoms with Gasteiger partial charge in [0.25, 0.3) is 0 Å². The van der Waals surface area contributed by atoms with Gasteiger partial charge in [0.1, 0.15) is 0 Å². The second-order valence-electron chi connectivity index (χ2n) is 5.69. The molecule has 110 valence electrons. The molecule has 1 rings (SSSR count). The van der Waals surface area contributed by atoms with E-state index < -0.39 is 0 Å². The van der Waals surface area contributed by atoms with E-state index in [4.69, 9.17) is 0 Å². The van der Waals surface area contributed by atoms with Crippen molar-refractivity contribution >= 4 is 11.9 Å². The third-order valence-electron chi connectivity index (χ3n) is 3.19. The summed E-state index contributed by atoms with van der Waals surface area (Å²) < 4.78 is 0. The molecule has 3 amide bonds. The van der Waals surface area contributed by atoms with Gasteiger partial charge in [-0.2, -0.15) is 0 Å². The zero-order valence-corrected chi connectivity index (χ0v) is 12.4. The zero-order chi connectivity index (χ0) is 14.3. The molecule has 1 aliphatic rings. The van der Waals surface area contributed by atoms with Crippen molar-refractivity contribution in [2.45, 2.75) is 52.5 Å². The summed E-state index contributed by atoms with van der Waals surface area (Å²) in [7, 11) is 0. The highest BCUT2D eigenvalue weighted by Crippen LogP contribution is 2.27. The van der Waals surface area contributed by atoms with Crippen LogP contribution in [0, 0.1) is 5.92 Å². The fourth-order valence-electron chi connectivity index (χ4n) is 1.89. The molecule has 0 heterocycles. The van der Waals surface area contributed by atoms with Crippen LogP contribution >= 0.6 is 0 Å². The molecular weight excluding hydrogens is 242 g/mol. The van der Waals surface area contributed by atoms with Crippen LogP contribution in [0.5, 0.6) is 0 Å². The third kappa shape index (κ3) is 7.15. The predicted molar refractivity (Wildman–Crippen MR) is 75.9 cm³/mol. The summed E-state index contributed by atoms with van der Waals surface area (Å²) in [5.74, 6) is 0.432. The van der Waals surface area contributed by atoms with Gasteiger partial charge < -0.3 is 5.32 Å². The fourth-order valence-corrected chi connectivity index (χ4v) is 1.89. The topological polar surface area (TPSA) is 61.4 Å². The molecule has 1 aliphatic carbocycles. The first-order valence-corrected chi connectivity index (χ1v) is 7.34. The Morgan fingerprint density at radius 1 is 1.32 bits per heavy atom. The van der Waals surface area contributed by atoms with Gasteiger partial charge in [0, 0.05) is 12.6 Å². The maximum Gasteiger partial charge on any atom is 0.321 e.